The van der Waals surface area contributed by atoms with Crippen molar-refractivity contribution in [1.29, 1.82) is 0 Å². The van der Waals surface area contributed by atoms with Gasteiger partial charge in [0.1, 0.15) is 0 Å². The summed E-state index contributed by atoms with van der Waals surface area (Å²) >= 11 is 14.9. The zero-order valence-electron chi connectivity index (χ0n) is 10.5. The first kappa shape index (κ1) is 17.1. The summed E-state index contributed by atoms with van der Waals surface area (Å²) < 4.78 is 1.13. The van der Waals surface area contributed by atoms with Gasteiger partial charge in [0.15, 0.2) is 0 Å². The van der Waals surface area contributed by atoms with E-state index in [1.165, 1.54) is 0 Å². The highest BCUT2D eigenvalue weighted by Crippen LogP contribution is 2.33. The Morgan fingerprint density at radius 3 is 2.74 bits per heavy atom. The smallest absolute Gasteiger partial charge is 0.303 e. The van der Waals surface area contributed by atoms with E-state index >= 15 is 0 Å². The molecule has 0 fully saturated rings. The van der Waals surface area contributed by atoms with E-state index in [1.54, 1.807) is 0 Å². The van der Waals surface area contributed by atoms with Crippen molar-refractivity contribution in [2.24, 2.45) is 0 Å². The second kappa shape index (κ2) is 9.03. The Morgan fingerprint density at radius 1 is 1.37 bits per heavy atom. The van der Waals surface area contributed by atoms with Crippen molar-refractivity contribution in [3.63, 3.8) is 0 Å². The molecule has 0 bridgehead atoms. The topological polar surface area (TPSA) is 37.3 Å². The molecule has 1 unspecified atom stereocenters. The van der Waals surface area contributed by atoms with Gasteiger partial charge >= 0.3 is 5.97 Å². The number of hydrogen-bond donors (Lipinski definition) is 1. The molecule has 0 saturated heterocycles. The fraction of sp³-hybridized carbons (Fsp3) is 0.500. The Bertz CT molecular complexity index is 424. The molecule has 1 N–H and O–H groups in total. The maximum absolute atomic E-state index is 10.6. The van der Waals surface area contributed by atoms with E-state index in [1.807, 2.05) is 18.2 Å². The van der Waals surface area contributed by atoms with E-state index in [4.69, 9.17) is 28.3 Å². The molecule has 1 aromatic rings. The molecule has 0 aliphatic rings. The summed E-state index contributed by atoms with van der Waals surface area (Å²) in [5.74, 6) is -0.820. The van der Waals surface area contributed by atoms with Crippen LogP contribution in [0.4, 0.5) is 0 Å². The third-order valence-corrected chi connectivity index (χ3v) is 4.48. The quantitative estimate of drug-likeness (QED) is 0.358. The molecule has 0 heterocycles. The standard InChI is InChI=1S/C14H17Cl2IO2/c15-12-6-3-5-11(10(12)4-1-2-9-17)13(16)7-8-14(18)19/h3,5-6,13H,1-2,4,7-9H2,(H,18,19). The maximum atomic E-state index is 10.6. The molecule has 0 spiro atoms. The van der Waals surface area contributed by atoms with Crippen LogP contribution < -0.4 is 0 Å². The van der Waals surface area contributed by atoms with Crippen molar-refractivity contribution in [3.8, 4) is 0 Å². The molecule has 0 aliphatic carbocycles. The van der Waals surface area contributed by atoms with Gasteiger partial charge in [-0.2, -0.15) is 0 Å². The molecule has 0 amide bonds. The number of carboxylic acids is 1. The Morgan fingerprint density at radius 2 is 2.11 bits per heavy atom. The van der Waals surface area contributed by atoms with E-state index in [0.717, 1.165) is 39.8 Å². The summed E-state index contributed by atoms with van der Waals surface area (Å²) in [6.45, 7) is 0. The SMILES string of the molecule is O=C(O)CCC(Cl)c1cccc(Cl)c1CCCCI. The predicted octanol–water partition coefficient (Wildman–Crippen LogP) is 5.24. The van der Waals surface area contributed by atoms with Gasteiger partial charge in [0.25, 0.3) is 0 Å². The van der Waals surface area contributed by atoms with Crippen molar-refractivity contribution in [1.82, 2.24) is 0 Å². The third-order valence-electron chi connectivity index (χ3n) is 2.91. The van der Waals surface area contributed by atoms with E-state index < -0.39 is 5.97 Å². The first-order chi connectivity index (χ1) is 9.06. The molecule has 0 saturated carbocycles. The Labute approximate surface area is 137 Å². The zero-order chi connectivity index (χ0) is 14.3. The highest BCUT2D eigenvalue weighted by molar-refractivity contribution is 14.1. The van der Waals surface area contributed by atoms with Gasteiger partial charge in [-0.05, 0) is 47.3 Å². The van der Waals surface area contributed by atoms with Gasteiger partial charge in [-0.1, -0.05) is 46.3 Å². The van der Waals surface area contributed by atoms with Crippen LogP contribution in [0.25, 0.3) is 0 Å². The number of carbonyl (C=O) groups is 1. The maximum Gasteiger partial charge on any atom is 0.303 e. The van der Waals surface area contributed by atoms with Crippen LogP contribution in [0.5, 0.6) is 0 Å². The van der Waals surface area contributed by atoms with Gasteiger partial charge in [-0.25, -0.2) is 0 Å². The number of hydrogen-bond acceptors (Lipinski definition) is 1. The molecule has 5 heteroatoms. The number of halogens is 3. The first-order valence-corrected chi connectivity index (χ1v) is 8.59. The summed E-state index contributed by atoms with van der Waals surface area (Å²) in [7, 11) is 0. The first-order valence-electron chi connectivity index (χ1n) is 6.25. The zero-order valence-corrected chi connectivity index (χ0v) is 14.2. The molecule has 1 aromatic carbocycles. The van der Waals surface area contributed by atoms with Gasteiger partial charge in [-0.3, -0.25) is 4.79 Å². The molecule has 0 aromatic heterocycles. The summed E-state index contributed by atoms with van der Waals surface area (Å²) in [5.41, 5.74) is 2.04. The minimum atomic E-state index is -0.820. The molecule has 0 radical (unpaired) electrons. The van der Waals surface area contributed by atoms with Crippen LogP contribution >= 0.6 is 45.8 Å². The molecule has 0 aliphatic heterocycles. The summed E-state index contributed by atoms with van der Waals surface area (Å²) in [6.07, 6.45) is 3.62. The van der Waals surface area contributed by atoms with Gasteiger partial charge in [0, 0.05) is 11.4 Å². The predicted molar refractivity (Wildman–Crippen MR) is 88.7 cm³/mol. The second-order valence-electron chi connectivity index (χ2n) is 4.35. The van der Waals surface area contributed by atoms with Gasteiger partial charge in [-0.15, -0.1) is 11.6 Å². The van der Waals surface area contributed by atoms with Crippen molar-refractivity contribution in [3.05, 3.63) is 34.3 Å². The van der Waals surface area contributed by atoms with E-state index in [9.17, 15) is 4.79 Å². The molecular formula is C14H17Cl2IO2. The van der Waals surface area contributed by atoms with Crippen LogP contribution in [0, 0.1) is 0 Å². The number of benzene rings is 1. The van der Waals surface area contributed by atoms with E-state index in [-0.39, 0.29) is 11.8 Å². The highest BCUT2D eigenvalue weighted by Gasteiger charge is 2.16. The monoisotopic (exact) mass is 414 g/mol. The van der Waals surface area contributed by atoms with Crippen LogP contribution in [0.15, 0.2) is 18.2 Å². The average molecular weight is 415 g/mol. The number of rotatable bonds is 8. The molecular weight excluding hydrogens is 398 g/mol. The van der Waals surface area contributed by atoms with Crippen LogP contribution in [-0.4, -0.2) is 15.5 Å². The average Bonchev–Trinajstić information content (AvgIpc) is 2.38. The lowest BCUT2D eigenvalue weighted by Crippen LogP contribution is -2.02. The van der Waals surface area contributed by atoms with Gasteiger partial charge in [0.05, 0.1) is 5.38 Å². The summed E-state index contributed by atoms with van der Waals surface area (Å²) in [5, 5.41) is 9.16. The number of unbranched alkanes of at least 4 members (excludes halogenated alkanes) is 1. The van der Waals surface area contributed by atoms with Crippen molar-refractivity contribution in [2.45, 2.75) is 37.5 Å². The number of carboxylic acid groups (broad SMARTS) is 1. The lowest BCUT2D eigenvalue weighted by atomic mass is 9.97. The van der Waals surface area contributed by atoms with Gasteiger partial charge < -0.3 is 5.11 Å². The minimum Gasteiger partial charge on any atom is -0.481 e. The largest absolute Gasteiger partial charge is 0.481 e. The summed E-state index contributed by atoms with van der Waals surface area (Å²) in [6, 6.07) is 5.69. The van der Waals surface area contributed by atoms with Crippen LogP contribution in [0.1, 0.15) is 42.2 Å². The Hall–Kier alpha value is -0.000000000000000111. The minimum absolute atomic E-state index is 0.0773. The van der Waals surface area contributed by atoms with Gasteiger partial charge in [0.2, 0.25) is 0 Å². The second-order valence-corrected chi connectivity index (χ2v) is 6.37. The molecule has 19 heavy (non-hydrogen) atoms. The Kier molecular flexibility index (Phi) is 8.11. The third kappa shape index (κ3) is 5.88. The molecule has 1 rings (SSSR count). The van der Waals surface area contributed by atoms with E-state index in [0.29, 0.717) is 6.42 Å². The highest BCUT2D eigenvalue weighted by atomic mass is 127. The fourth-order valence-electron chi connectivity index (χ4n) is 1.93. The van der Waals surface area contributed by atoms with E-state index in [2.05, 4.69) is 22.6 Å². The normalized spacial score (nSPS) is 12.4. The number of alkyl halides is 2. The number of aliphatic carboxylic acids is 1. The van der Waals surface area contributed by atoms with Crippen molar-refractivity contribution in [2.75, 3.05) is 4.43 Å². The lowest BCUT2D eigenvalue weighted by molar-refractivity contribution is -0.137. The van der Waals surface area contributed by atoms with Crippen molar-refractivity contribution >= 4 is 51.8 Å². The Balaban J connectivity index is 2.80. The lowest BCUT2D eigenvalue weighted by Gasteiger charge is -2.15. The van der Waals surface area contributed by atoms with Crippen LogP contribution in [0.2, 0.25) is 5.02 Å². The molecule has 2 nitrogen and oxygen atoms in total. The van der Waals surface area contributed by atoms with Crippen LogP contribution in [-0.2, 0) is 11.2 Å². The fourth-order valence-corrected chi connectivity index (χ4v) is 3.06. The molecule has 106 valence electrons. The molecule has 1 atom stereocenters. The van der Waals surface area contributed by atoms with Crippen molar-refractivity contribution < 1.29 is 9.90 Å². The summed E-state index contributed by atoms with van der Waals surface area (Å²) in [4.78, 5) is 10.6. The van der Waals surface area contributed by atoms with Crippen LogP contribution in [0.3, 0.4) is 0 Å².